The monoisotopic (exact) mass is 400 g/mol. The molecule has 4 aliphatic carbocycles. The van der Waals surface area contributed by atoms with Crippen molar-refractivity contribution in [2.75, 3.05) is 43.9 Å². The maximum absolute atomic E-state index is 11.4. The normalized spacial score (nSPS) is 36.2. The van der Waals surface area contributed by atoms with E-state index < -0.39 is 6.09 Å². The van der Waals surface area contributed by atoms with E-state index >= 15 is 0 Å². The summed E-state index contributed by atoms with van der Waals surface area (Å²) >= 11 is 0. The number of benzene rings is 1. The van der Waals surface area contributed by atoms with Crippen molar-refractivity contribution < 1.29 is 14.6 Å². The molecule has 4 bridgehead atoms. The first-order chi connectivity index (χ1) is 14.0. The van der Waals surface area contributed by atoms with Crippen LogP contribution in [0.3, 0.4) is 0 Å². The summed E-state index contributed by atoms with van der Waals surface area (Å²) in [6.07, 6.45) is 4.79. The Bertz CT molecular complexity index is 776. The van der Waals surface area contributed by atoms with Crippen LogP contribution < -0.4 is 20.7 Å². The highest BCUT2D eigenvalue weighted by Crippen LogP contribution is 2.57. The van der Waals surface area contributed by atoms with Crippen molar-refractivity contribution in [2.24, 2.45) is 17.8 Å². The molecule has 29 heavy (non-hydrogen) atoms. The zero-order valence-electron chi connectivity index (χ0n) is 17.1. The molecular weight excluding hydrogens is 368 g/mol. The molecule has 0 radical (unpaired) electrons. The Hall–Kier alpha value is -2.15. The van der Waals surface area contributed by atoms with Crippen LogP contribution in [-0.2, 0) is 0 Å². The molecule has 4 saturated carbocycles. The van der Waals surface area contributed by atoms with Gasteiger partial charge in [-0.1, -0.05) is 0 Å². The lowest BCUT2D eigenvalue weighted by atomic mass is 9.50. The second kappa shape index (κ2) is 6.97. The lowest BCUT2D eigenvalue weighted by Crippen LogP contribution is -2.67. The van der Waals surface area contributed by atoms with Gasteiger partial charge in [-0.3, -0.25) is 4.90 Å². The smallest absolute Gasteiger partial charge is 0.405 e. The van der Waals surface area contributed by atoms with Gasteiger partial charge in [0.2, 0.25) is 0 Å². The first-order valence-electron chi connectivity index (χ1n) is 10.9. The Morgan fingerprint density at radius 1 is 1.17 bits per heavy atom. The van der Waals surface area contributed by atoms with Crippen molar-refractivity contribution >= 4 is 17.5 Å². The van der Waals surface area contributed by atoms with Crippen molar-refractivity contribution in [1.82, 2.24) is 10.2 Å². The Labute approximate surface area is 172 Å². The van der Waals surface area contributed by atoms with Gasteiger partial charge in [0.05, 0.1) is 12.8 Å². The highest BCUT2D eigenvalue weighted by atomic mass is 16.5. The summed E-state index contributed by atoms with van der Waals surface area (Å²) in [5.41, 5.74) is 7.66. The number of ether oxygens (including phenoxy) is 1. The van der Waals surface area contributed by atoms with E-state index in [4.69, 9.17) is 10.5 Å². The van der Waals surface area contributed by atoms with Gasteiger partial charge in [-0.05, 0) is 62.0 Å². The Morgan fingerprint density at radius 2 is 1.86 bits per heavy atom. The Kier molecular flexibility index (Phi) is 4.53. The first kappa shape index (κ1) is 18.9. The standard InChI is InChI=1S/C22H32N4O3/c1-29-19-10-17(2-3-18(19)23)25-4-6-26(7-5-25)20-15-8-14-9-16(20)13-22(11-14,12-15)24-21(27)28/h2-3,10,14-16,20,24H,4-9,11-13,23H2,1H3,(H,27,28). The van der Waals surface area contributed by atoms with E-state index in [0.717, 1.165) is 51.2 Å². The minimum atomic E-state index is -0.851. The number of carbonyl (C=O) groups is 1. The predicted octanol–water partition coefficient (Wildman–Crippen LogP) is 2.61. The third kappa shape index (κ3) is 3.29. The van der Waals surface area contributed by atoms with E-state index in [1.807, 2.05) is 12.1 Å². The molecule has 7 nitrogen and oxygen atoms in total. The average Bonchev–Trinajstić information content (AvgIpc) is 2.67. The topological polar surface area (TPSA) is 91.1 Å². The molecular formula is C22H32N4O3. The van der Waals surface area contributed by atoms with Crippen LogP contribution in [0, 0.1) is 17.8 Å². The van der Waals surface area contributed by atoms with E-state index in [0.29, 0.717) is 29.5 Å². The number of rotatable bonds is 4. The number of amides is 1. The van der Waals surface area contributed by atoms with Crippen molar-refractivity contribution in [2.45, 2.75) is 43.7 Å². The number of nitrogens with one attached hydrogen (secondary N) is 1. The minimum absolute atomic E-state index is 0.152. The number of anilines is 2. The third-order valence-electron chi connectivity index (χ3n) is 7.91. The second-order valence-electron chi connectivity index (χ2n) is 9.62. The summed E-state index contributed by atoms with van der Waals surface area (Å²) in [5.74, 6) is 2.72. The zero-order valence-corrected chi connectivity index (χ0v) is 17.1. The fourth-order valence-corrected chi connectivity index (χ4v) is 7.15. The van der Waals surface area contributed by atoms with Gasteiger partial charge >= 0.3 is 6.09 Å². The van der Waals surface area contributed by atoms with Gasteiger partial charge in [0, 0.05) is 49.5 Å². The molecule has 1 amide bonds. The number of piperazine rings is 1. The summed E-state index contributed by atoms with van der Waals surface area (Å²) in [6, 6.07) is 6.67. The summed E-state index contributed by atoms with van der Waals surface area (Å²) in [7, 11) is 1.66. The van der Waals surface area contributed by atoms with Crippen LogP contribution in [0.15, 0.2) is 18.2 Å². The maximum atomic E-state index is 11.4. The fourth-order valence-electron chi connectivity index (χ4n) is 7.15. The summed E-state index contributed by atoms with van der Waals surface area (Å²) in [5, 5.41) is 12.3. The highest BCUT2D eigenvalue weighted by Gasteiger charge is 2.57. The molecule has 2 atom stereocenters. The van der Waals surface area contributed by atoms with Gasteiger partial charge in [-0.25, -0.2) is 4.79 Å². The maximum Gasteiger partial charge on any atom is 0.405 e. The van der Waals surface area contributed by atoms with Gasteiger partial charge in [-0.15, -0.1) is 0 Å². The van der Waals surface area contributed by atoms with Crippen LogP contribution in [0.25, 0.3) is 0 Å². The van der Waals surface area contributed by atoms with Crippen LogP contribution >= 0.6 is 0 Å². The van der Waals surface area contributed by atoms with Crippen molar-refractivity contribution in [3.63, 3.8) is 0 Å². The number of hydrogen-bond acceptors (Lipinski definition) is 5. The van der Waals surface area contributed by atoms with E-state index in [9.17, 15) is 9.90 Å². The van der Waals surface area contributed by atoms with Crippen LogP contribution in [0.1, 0.15) is 32.1 Å². The van der Waals surface area contributed by atoms with E-state index in [2.05, 4.69) is 21.2 Å². The lowest BCUT2D eigenvalue weighted by Gasteiger charge is -2.62. The molecule has 1 heterocycles. The number of carboxylic acid groups (broad SMARTS) is 1. The average molecular weight is 401 g/mol. The van der Waals surface area contributed by atoms with Gasteiger partial charge < -0.3 is 25.8 Å². The van der Waals surface area contributed by atoms with Crippen molar-refractivity contribution in [1.29, 1.82) is 0 Å². The SMILES string of the molecule is COc1cc(N2CCN(C3C4CC5CC3CC(NC(=O)O)(C5)C4)CC2)ccc1N. The van der Waals surface area contributed by atoms with Gasteiger partial charge in [0.25, 0.3) is 0 Å². The first-order valence-corrected chi connectivity index (χ1v) is 10.9. The third-order valence-corrected chi connectivity index (χ3v) is 7.91. The summed E-state index contributed by atoms with van der Waals surface area (Å²) in [4.78, 5) is 16.5. The zero-order chi connectivity index (χ0) is 20.2. The number of methoxy groups -OCH3 is 1. The van der Waals surface area contributed by atoms with Crippen LogP contribution in [0.4, 0.5) is 16.2 Å². The number of hydrogen-bond donors (Lipinski definition) is 3. The quantitative estimate of drug-likeness (QED) is 0.673. The van der Waals surface area contributed by atoms with Gasteiger partial charge in [0.15, 0.2) is 0 Å². The molecule has 0 aromatic heterocycles. The molecule has 4 N–H and O–H groups in total. The molecule has 5 fully saturated rings. The van der Waals surface area contributed by atoms with E-state index in [1.54, 1.807) is 7.11 Å². The number of nitrogen functional groups attached to an aromatic ring is 1. The molecule has 6 rings (SSSR count). The largest absolute Gasteiger partial charge is 0.495 e. The summed E-state index contributed by atoms with van der Waals surface area (Å²) < 4.78 is 5.38. The number of nitrogens with zero attached hydrogens (tertiary/aromatic N) is 2. The van der Waals surface area contributed by atoms with Gasteiger partial charge in [0.1, 0.15) is 5.75 Å². The molecule has 5 aliphatic rings. The molecule has 2 unspecified atom stereocenters. The van der Waals surface area contributed by atoms with E-state index in [1.165, 1.54) is 18.5 Å². The van der Waals surface area contributed by atoms with Crippen molar-refractivity contribution in [3.05, 3.63) is 18.2 Å². The molecule has 1 saturated heterocycles. The fraction of sp³-hybridized carbons (Fsp3) is 0.682. The van der Waals surface area contributed by atoms with Crippen LogP contribution in [0.5, 0.6) is 5.75 Å². The highest BCUT2D eigenvalue weighted by molar-refractivity contribution is 5.66. The number of nitrogens with two attached hydrogens (primary N) is 1. The van der Waals surface area contributed by atoms with Crippen molar-refractivity contribution in [3.8, 4) is 5.75 Å². The minimum Gasteiger partial charge on any atom is -0.495 e. The Morgan fingerprint density at radius 3 is 2.48 bits per heavy atom. The van der Waals surface area contributed by atoms with Crippen LogP contribution in [0.2, 0.25) is 0 Å². The Balaban J connectivity index is 1.26. The molecule has 158 valence electrons. The van der Waals surface area contributed by atoms with E-state index in [-0.39, 0.29) is 5.54 Å². The van der Waals surface area contributed by atoms with Gasteiger partial charge in [-0.2, -0.15) is 0 Å². The second-order valence-corrected chi connectivity index (χ2v) is 9.62. The molecule has 0 spiro atoms. The molecule has 7 heteroatoms. The molecule has 1 aromatic rings. The predicted molar refractivity (Wildman–Crippen MR) is 112 cm³/mol. The molecule has 1 aromatic carbocycles. The lowest BCUT2D eigenvalue weighted by molar-refractivity contribution is -0.0866. The molecule has 1 aliphatic heterocycles. The van der Waals surface area contributed by atoms with Crippen LogP contribution in [-0.4, -0.2) is 61.0 Å². The summed E-state index contributed by atoms with van der Waals surface area (Å²) in [6.45, 7) is 4.14.